The molecule has 0 unspecified atom stereocenters. The van der Waals surface area contributed by atoms with Crippen LogP contribution in [0.25, 0.3) is 0 Å². The molecule has 2 aromatic carbocycles. The largest absolute Gasteiger partial charge is 0.491 e. The van der Waals surface area contributed by atoms with Gasteiger partial charge in [0.1, 0.15) is 5.82 Å². The lowest BCUT2D eigenvalue weighted by Crippen LogP contribution is -2.33. The lowest BCUT2D eigenvalue weighted by Gasteiger charge is -2.08. The number of hydrogen-bond acceptors (Lipinski definition) is 3. The summed E-state index contributed by atoms with van der Waals surface area (Å²) in [6.07, 6.45) is 0. The Morgan fingerprint density at radius 2 is 1.95 bits per heavy atom. The molecule has 0 spiro atoms. The summed E-state index contributed by atoms with van der Waals surface area (Å²) in [5.41, 5.74) is 1.43. The van der Waals surface area contributed by atoms with E-state index in [0.717, 1.165) is 17.7 Å². The number of halogens is 1. The molecule has 102 valence electrons. The predicted molar refractivity (Wildman–Crippen MR) is 75.4 cm³/mol. The average Bonchev–Trinajstić information content (AvgIpc) is 2.38. The molecular formula is C14H13BFNO3. The molecule has 0 saturated carbocycles. The minimum Gasteiger partial charge on any atom is -0.423 e. The number of nitrogens with one attached hydrogen (secondary N) is 1. The molecule has 2 rings (SSSR count). The first-order valence-corrected chi connectivity index (χ1v) is 6.01. The van der Waals surface area contributed by atoms with Crippen LogP contribution in [-0.4, -0.2) is 23.1 Å². The van der Waals surface area contributed by atoms with Gasteiger partial charge in [-0.25, -0.2) is 4.39 Å². The minimum absolute atomic E-state index is 0.149. The third kappa shape index (κ3) is 3.23. The number of anilines is 1. The number of carbonyl (C=O) groups excluding carboxylic acids is 1. The average molecular weight is 273 g/mol. The van der Waals surface area contributed by atoms with Gasteiger partial charge >= 0.3 is 7.12 Å². The Labute approximate surface area is 116 Å². The molecule has 0 aromatic heterocycles. The quantitative estimate of drug-likeness (QED) is 0.732. The topological polar surface area (TPSA) is 69.6 Å². The second-order valence-corrected chi connectivity index (χ2v) is 4.43. The van der Waals surface area contributed by atoms with Gasteiger partial charge in [0.15, 0.2) is 0 Å². The lowest BCUT2D eigenvalue weighted by molar-refractivity contribution is 0.102. The molecule has 4 nitrogen and oxygen atoms in total. The number of amides is 1. The highest BCUT2D eigenvalue weighted by molar-refractivity contribution is 6.58. The van der Waals surface area contributed by atoms with E-state index < -0.39 is 18.8 Å². The van der Waals surface area contributed by atoms with Gasteiger partial charge in [-0.15, -0.1) is 0 Å². The zero-order chi connectivity index (χ0) is 14.7. The highest BCUT2D eigenvalue weighted by atomic mass is 19.1. The van der Waals surface area contributed by atoms with Crippen LogP contribution in [0.15, 0.2) is 42.5 Å². The molecule has 0 saturated heterocycles. The van der Waals surface area contributed by atoms with E-state index in [0.29, 0.717) is 5.69 Å². The summed E-state index contributed by atoms with van der Waals surface area (Å²) in [4.78, 5) is 12.0. The fourth-order valence-corrected chi connectivity index (χ4v) is 1.81. The van der Waals surface area contributed by atoms with Crippen molar-refractivity contribution in [3.63, 3.8) is 0 Å². The Morgan fingerprint density at radius 3 is 2.60 bits per heavy atom. The normalized spacial score (nSPS) is 10.2. The molecule has 1 amide bonds. The fourth-order valence-electron chi connectivity index (χ4n) is 1.81. The van der Waals surface area contributed by atoms with Crippen LogP contribution in [0.2, 0.25) is 0 Å². The summed E-state index contributed by atoms with van der Waals surface area (Å²) in [5.74, 6) is -1.22. The number of aryl methyl sites for hydroxylation is 1. The van der Waals surface area contributed by atoms with Crippen LogP contribution in [-0.2, 0) is 0 Å². The molecule has 0 aliphatic heterocycles. The van der Waals surface area contributed by atoms with Gasteiger partial charge in [0.2, 0.25) is 0 Å². The van der Waals surface area contributed by atoms with E-state index in [1.807, 2.05) is 13.0 Å². The monoisotopic (exact) mass is 273 g/mol. The van der Waals surface area contributed by atoms with Crippen molar-refractivity contribution in [2.75, 3.05) is 5.32 Å². The smallest absolute Gasteiger partial charge is 0.423 e. The van der Waals surface area contributed by atoms with Gasteiger partial charge in [-0.1, -0.05) is 12.1 Å². The van der Waals surface area contributed by atoms with Crippen LogP contribution in [0.1, 0.15) is 15.9 Å². The summed E-state index contributed by atoms with van der Waals surface area (Å²) in [7, 11) is -1.96. The molecule has 3 N–H and O–H groups in total. The standard InChI is InChI=1S/C14H13BFNO3/c1-9-3-2-4-11(7-9)17-14(18)10-5-6-13(16)12(8-10)15(19)20/h2-8,19-20H,1H3,(H,17,18). The predicted octanol–water partition coefficient (Wildman–Crippen LogP) is 1.07. The molecule has 0 atom stereocenters. The third-order valence-corrected chi connectivity index (χ3v) is 2.81. The molecule has 2 aromatic rings. The molecule has 0 aliphatic rings. The Balaban J connectivity index is 2.23. The van der Waals surface area contributed by atoms with E-state index in [1.165, 1.54) is 6.07 Å². The van der Waals surface area contributed by atoms with Crippen molar-refractivity contribution >= 4 is 24.2 Å². The van der Waals surface area contributed by atoms with Crippen molar-refractivity contribution < 1.29 is 19.2 Å². The number of rotatable bonds is 3. The van der Waals surface area contributed by atoms with Crippen molar-refractivity contribution in [3.05, 3.63) is 59.4 Å². The molecule has 0 heterocycles. The molecule has 0 radical (unpaired) electrons. The highest BCUT2D eigenvalue weighted by Gasteiger charge is 2.18. The molecule has 0 aliphatic carbocycles. The maximum absolute atomic E-state index is 13.3. The SMILES string of the molecule is Cc1cccc(NC(=O)c2ccc(F)c(B(O)O)c2)c1. The zero-order valence-electron chi connectivity index (χ0n) is 10.8. The van der Waals surface area contributed by atoms with Crippen molar-refractivity contribution in [1.82, 2.24) is 0 Å². The van der Waals surface area contributed by atoms with Gasteiger partial charge in [-0.3, -0.25) is 4.79 Å². The molecule has 0 fully saturated rings. The number of hydrogen-bond donors (Lipinski definition) is 3. The van der Waals surface area contributed by atoms with Crippen molar-refractivity contribution in [3.8, 4) is 0 Å². The third-order valence-electron chi connectivity index (χ3n) is 2.81. The fraction of sp³-hybridized carbons (Fsp3) is 0.0714. The Bertz CT molecular complexity index is 646. The first-order chi connectivity index (χ1) is 9.47. The Kier molecular flexibility index (Phi) is 4.17. The molecule has 0 bridgehead atoms. The van der Waals surface area contributed by atoms with E-state index in [2.05, 4.69) is 5.32 Å². The number of benzene rings is 2. The van der Waals surface area contributed by atoms with E-state index in [-0.39, 0.29) is 11.0 Å². The molecule has 20 heavy (non-hydrogen) atoms. The second-order valence-electron chi connectivity index (χ2n) is 4.43. The summed E-state index contributed by atoms with van der Waals surface area (Å²) in [6.45, 7) is 1.90. The van der Waals surface area contributed by atoms with Crippen LogP contribution >= 0.6 is 0 Å². The Morgan fingerprint density at radius 1 is 1.20 bits per heavy atom. The van der Waals surface area contributed by atoms with Gasteiger partial charge in [0.05, 0.1) is 0 Å². The van der Waals surface area contributed by atoms with Crippen LogP contribution in [0.3, 0.4) is 0 Å². The van der Waals surface area contributed by atoms with Gasteiger partial charge in [-0.2, -0.15) is 0 Å². The van der Waals surface area contributed by atoms with E-state index in [4.69, 9.17) is 10.0 Å². The first kappa shape index (κ1) is 14.2. The van der Waals surface area contributed by atoms with Crippen molar-refractivity contribution in [2.45, 2.75) is 6.92 Å². The van der Waals surface area contributed by atoms with E-state index in [9.17, 15) is 9.18 Å². The van der Waals surface area contributed by atoms with Gasteiger partial charge in [-0.05, 0) is 42.8 Å². The van der Waals surface area contributed by atoms with Gasteiger partial charge in [0, 0.05) is 16.7 Å². The van der Waals surface area contributed by atoms with E-state index >= 15 is 0 Å². The summed E-state index contributed by atoms with van der Waals surface area (Å²) in [6, 6.07) is 10.7. The molecule has 6 heteroatoms. The maximum atomic E-state index is 13.3. The van der Waals surface area contributed by atoms with Crippen LogP contribution in [0, 0.1) is 12.7 Å². The van der Waals surface area contributed by atoms with Gasteiger partial charge in [0.25, 0.3) is 5.91 Å². The maximum Gasteiger partial charge on any atom is 0.491 e. The highest BCUT2D eigenvalue weighted by Crippen LogP contribution is 2.11. The number of carbonyl (C=O) groups is 1. The summed E-state index contributed by atoms with van der Waals surface area (Å²) in [5, 5.41) is 20.7. The summed E-state index contributed by atoms with van der Waals surface area (Å²) >= 11 is 0. The summed E-state index contributed by atoms with van der Waals surface area (Å²) < 4.78 is 13.3. The first-order valence-electron chi connectivity index (χ1n) is 6.01. The van der Waals surface area contributed by atoms with E-state index in [1.54, 1.807) is 18.2 Å². The Hall–Kier alpha value is -2.18. The minimum atomic E-state index is -1.96. The lowest BCUT2D eigenvalue weighted by atomic mass is 9.79. The van der Waals surface area contributed by atoms with Gasteiger partial charge < -0.3 is 15.4 Å². The molecular weight excluding hydrogens is 260 g/mol. The van der Waals surface area contributed by atoms with Crippen LogP contribution in [0.5, 0.6) is 0 Å². The second kappa shape index (κ2) is 5.86. The van der Waals surface area contributed by atoms with Crippen LogP contribution < -0.4 is 10.8 Å². The van der Waals surface area contributed by atoms with Crippen LogP contribution in [0.4, 0.5) is 10.1 Å². The van der Waals surface area contributed by atoms with Crippen molar-refractivity contribution in [2.24, 2.45) is 0 Å². The van der Waals surface area contributed by atoms with Crippen molar-refractivity contribution in [1.29, 1.82) is 0 Å². The zero-order valence-corrected chi connectivity index (χ0v) is 10.8.